The van der Waals surface area contributed by atoms with Crippen LogP contribution in [0.3, 0.4) is 0 Å². The number of hydrogen-bond acceptors (Lipinski definition) is 3. The molecule has 86 valence electrons. The lowest BCUT2D eigenvalue weighted by molar-refractivity contribution is -0.141. The van der Waals surface area contributed by atoms with E-state index in [0.29, 0.717) is 18.0 Å². The topological polar surface area (TPSA) is 55.6 Å². The second kappa shape index (κ2) is 5.42. The molecule has 2 N–H and O–H groups in total. The van der Waals surface area contributed by atoms with Gasteiger partial charge in [-0.15, -0.1) is 0 Å². The number of nitrogens with two attached hydrogens (primary N) is 1. The molecule has 1 fully saturated rings. The zero-order chi connectivity index (χ0) is 11.4. The predicted molar refractivity (Wildman–Crippen MR) is 62.6 cm³/mol. The molecule has 5 heteroatoms. The summed E-state index contributed by atoms with van der Waals surface area (Å²) in [4.78, 5) is 14.0. The lowest BCUT2D eigenvalue weighted by Gasteiger charge is -2.26. The summed E-state index contributed by atoms with van der Waals surface area (Å²) in [6.07, 6.45) is 2.09. The standard InChI is InChI=1S/C10H18N2O2S/c1-7(6-9(11)15)12(2)10(13)8-4-3-5-14-8/h7-8H,3-6H2,1-2H3,(H2,11,15). The monoisotopic (exact) mass is 230 g/mol. The van der Waals surface area contributed by atoms with Crippen LogP contribution in [-0.2, 0) is 9.53 Å². The molecule has 1 saturated heterocycles. The van der Waals surface area contributed by atoms with Gasteiger partial charge in [-0.25, -0.2) is 0 Å². The molecular weight excluding hydrogens is 212 g/mol. The summed E-state index contributed by atoms with van der Waals surface area (Å²) in [5.74, 6) is 0.0382. The van der Waals surface area contributed by atoms with Gasteiger partial charge in [0.05, 0.1) is 4.99 Å². The normalized spacial score (nSPS) is 22.4. The van der Waals surface area contributed by atoms with E-state index < -0.39 is 0 Å². The van der Waals surface area contributed by atoms with E-state index in [1.54, 1.807) is 11.9 Å². The van der Waals surface area contributed by atoms with Gasteiger partial charge >= 0.3 is 0 Å². The van der Waals surface area contributed by atoms with Crippen molar-refractivity contribution in [2.24, 2.45) is 5.73 Å². The molecule has 4 nitrogen and oxygen atoms in total. The van der Waals surface area contributed by atoms with Gasteiger partial charge in [0.2, 0.25) is 0 Å². The van der Waals surface area contributed by atoms with Gasteiger partial charge in [-0.3, -0.25) is 4.79 Å². The van der Waals surface area contributed by atoms with Crippen molar-refractivity contribution >= 4 is 23.1 Å². The molecule has 2 unspecified atom stereocenters. The number of carbonyl (C=O) groups excluding carboxylic acids is 1. The summed E-state index contributed by atoms with van der Waals surface area (Å²) >= 11 is 4.82. The van der Waals surface area contributed by atoms with Crippen LogP contribution in [0, 0.1) is 0 Å². The van der Waals surface area contributed by atoms with Crippen LogP contribution in [0.15, 0.2) is 0 Å². The van der Waals surface area contributed by atoms with Crippen LogP contribution < -0.4 is 5.73 Å². The molecule has 1 aliphatic rings. The number of carbonyl (C=O) groups is 1. The number of thiocarbonyl (C=S) groups is 1. The third-order valence-corrected chi connectivity index (χ3v) is 2.88. The highest BCUT2D eigenvalue weighted by Crippen LogP contribution is 2.15. The van der Waals surface area contributed by atoms with Crippen molar-refractivity contribution in [1.82, 2.24) is 4.90 Å². The van der Waals surface area contributed by atoms with E-state index in [1.165, 1.54) is 0 Å². The minimum absolute atomic E-state index is 0.0382. The highest BCUT2D eigenvalue weighted by atomic mass is 32.1. The summed E-state index contributed by atoms with van der Waals surface area (Å²) in [5.41, 5.74) is 5.45. The fourth-order valence-corrected chi connectivity index (χ4v) is 1.89. The Kier molecular flexibility index (Phi) is 4.47. The van der Waals surface area contributed by atoms with Crippen LogP contribution >= 0.6 is 12.2 Å². The molecule has 0 aromatic heterocycles. The number of rotatable bonds is 4. The van der Waals surface area contributed by atoms with E-state index in [4.69, 9.17) is 22.7 Å². The largest absolute Gasteiger partial charge is 0.393 e. The first-order valence-electron chi connectivity index (χ1n) is 5.19. The Bertz CT molecular complexity index is 252. The van der Waals surface area contributed by atoms with Gasteiger partial charge in [0, 0.05) is 26.1 Å². The second-order valence-electron chi connectivity index (χ2n) is 3.97. The second-order valence-corrected chi connectivity index (χ2v) is 4.49. The number of amides is 1. The predicted octanol–water partition coefficient (Wildman–Crippen LogP) is 0.688. The maximum atomic E-state index is 11.9. The Morgan fingerprint density at radius 3 is 2.87 bits per heavy atom. The number of ether oxygens (including phenoxy) is 1. The minimum Gasteiger partial charge on any atom is -0.393 e. The SMILES string of the molecule is CC(CC(N)=S)N(C)C(=O)C1CCCO1. The third kappa shape index (κ3) is 3.43. The maximum Gasteiger partial charge on any atom is 0.251 e. The molecule has 0 bridgehead atoms. The van der Waals surface area contributed by atoms with Crippen molar-refractivity contribution in [1.29, 1.82) is 0 Å². The maximum absolute atomic E-state index is 11.9. The van der Waals surface area contributed by atoms with Gasteiger partial charge in [-0.2, -0.15) is 0 Å². The van der Waals surface area contributed by atoms with Gasteiger partial charge in [-0.1, -0.05) is 12.2 Å². The van der Waals surface area contributed by atoms with Gasteiger partial charge in [0.1, 0.15) is 6.10 Å². The molecule has 1 heterocycles. The fraction of sp³-hybridized carbons (Fsp3) is 0.800. The van der Waals surface area contributed by atoms with Crippen molar-refractivity contribution in [3.8, 4) is 0 Å². The molecule has 0 saturated carbocycles. The average molecular weight is 230 g/mol. The van der Waals surface area contributed by atoms with Gasteiger partial charge in [0.25, 0.3) is 5.91 Å². The highest BCUT2D eigenvalue weighted by Gasteiger charge is 2.28. The number of likely N-dealkylation sites (N-methyl/N-ethyl adjacent to an activating group) is 1. The molecular formula is C10H18N2O2S. The van der Waals surface area contributed by atoms with E-state index in [9.17, 15) is 4.79 Å². The van der Waals surface area contributed by atoms with Crippen molar-refractivity contribution in [2.45, 2.75) is 38.3 Å². The van der Waals surface area contributed by atoms with Crippen molar-refractivity contribution in [3.63, 3.8) is 0 Å². The highest BCUT2D eigenvalue weighted by molar-refractivity contribution is 7.80. The summed E-state index contributed by atoms with van der Waals surface area (Å²) < 4.78 is 5.34. The van der Waals surface area contributed by atoms with Gasteiger partial charge < -0.3 is 15.4 Å². The zero-order valence-electron chi connectivity index (χ0n) is 9.23. The third-order valence-electron chi connectivity index (χ3n) is 2.71. The number of hydrogen-bond donors (Lipinski definition) is 1. The first-order chi connectivity index (χ1) is 7.02. The molecule has 0 spiro atoms. The molecule has 2 atom stereocenters. The first kappa shape index (κ1) is 12.4. The van der Waals surface area contributed by atoms with Crippen LogP contribution in [0.2, 0.25) is 0 Å². The smallest absolute Gasteiger partial charge is 0.251 e. The quantitative estimate of drug-likeness (QED) is 0.722. The molecule has 1 aliphatic heterocycles. The Labute approximate surface area is 95.8 Å². The van der Waals surface area contributed by atoms with Crippen LogP contribution in [0.4, 0.5) is 0 Å². The summed E-state index contributed by atoms with van der Waals surface area (Å²) in [6.45, 7) is 2.62. The van der Waals surface area contributed by atoms with Crippen LogP contribution in [0.25, 0.3) is 0 Å². The van der Waals surface area contributed by atoms with Crippen molar-refractivity contribution < 1.29 is 9.53 Å². The lowest BCUT2D eigenvalue weighted by atomic mass is 10.1. The molecule has 15 heavy (non-hydrogen) atoms. The Hall–Kier alpha value is -0.680. The molecule has 0 aromatic carbocycles. The van der Waals surface area contributed by atoms with E-state index in [-0.39, 0.29) is 18.1 Å². The molecule has 0 radical (unpaired) electrons. The van der Waals surface area contributed by atoms with E-state index in [0.717, 1.165) is 12.8 Å². The van der Waals surface area contributed by atoms with Crippen LogP contribution in [-0.4, -0.2) is 41.6 Å². The Morgan fingerprint density at radius 2 is 2.40 bits per heavy atom. The average Bonchev–Trinajstić information content (AvgIpc) is 2.67. The van der Waals surface area contributed by atoms with E-state index >= 15 is 0 Å². The lowest BCUT2D eigenvalue weighted by Crippen LogP contribution is -2.42. The first-order valence-corrected chi connectivity index (χ1v) is 5.59. The van der Waals surface area contributed by atoms with Crippen LogP contribution in [0.1, 0.15) is 26.2 Å². The van der Waals surface area contributed by atoms with Crippen LogP contribution in [0.5, 0.6) is 0 Å². The van der Waals surface area contributed by atoms with Gasteiger partial charge in [-0.05, 0) is 19.8 Å². The summed E-state index contributed by atoms with van der Waals surface area (Å²) in [5, 5.41) is 0. The molecule has 0 aliphatic carbocycles. The van der Waals surface area contributed by atoms with Crippen molar-refractivity contribution in [3.05, 3.63) is 0 Å². The summed E-state index contributed by atoms with van der Waals surface area (Å²) in [6, 6.07) is 0.0409. The molecule has 0 aromatic rings. The Balaban J connectivity index is 2.47. The fourth-order valence-electron chi connectivity index (χ4n) is 1.64. The minimum atomic E-state index is -0.260. The number of nitrogens with zero attached hydrogens (tertiary/aromatic N) is 1. The molecule has 1 rings (SSSR count). The van der Waals surface area contributed by atoms with Gasteiger partial charge in [0.15, 0.2) is 0 Å². The molecule has 1 amide bonds. The summed E-state index contributed by atoms with van der Waals surface area (Å²) in [7, 11) is 1.77. The van der Waals surface area contributed by atoms with E-state index in [2.05, 4.69) is 0 Å². The van der Waals surface area contributed by atoms with Crippen molar-refractivity contribution in [2.75, 3.05) is 13.7 Å². The zero-order valence-corrected chi connectivity index (χ0v) is 10.0. The van der Waals surface area contributed by atoms with E-state index in [1.807, 2.05) is 6.92 Å². The Morgan fingerprint density at radius 1 is 1.73 bits per heavy atom.